The summed E-state index contributed by atoms with van der Waals surface area (Å²) in [5, 5.41) is 23.8. The normalized spacial score (nSPS) is 11.0. The van der Waals surface area contributed by atoms with Gasteiger partial charge in [0.2, 0.25) is 11.8 Å². The molecular formula is C15H14ClN5O3. The maximum absolute atomic E-state index is 11.0. The minimum Gasteiger partial charge on any atom is -0.423 e. The molecule has 8 nitrogen and oxygen atoms in total. The summed E-state index contributed by atoms with van der Waals surface area (Å²) in [6, 6.07) is 7.39. The molecule has 0 N–H and O–H groups in total. The first kappa shape index (κ1) is 16.1. The van der Waals surface area contributed by atoms with Crippen molar-refractivity contribution < 1.29 is 9.34 Å². The van der Waals surface area contributed by atoms with Crippen molar-refractivity contribution in [2.45, 2.75) is 26.8 Å². The van der Waals surface area contributed by atoms with Gasteiger partial charge < -0.3 is 4.42 Å². The molecule has 3 rings (SSSR count). The molecule has 0 aliphatic heterocycles. The Hall–Kier alpha value is -2.74. The first-order chi connectivity index (χ1) is 11.4. The van der Waals surface area contributed by atoms with Crippen LogP contribution in [0.25, 0.3) is 0 Å². The fraction of sp³-hybridized carbons (Fsp3) is 0.267. The van der Waals surface area contributed by atoms with Crippen LogP contribution in [-0.2, 0) is 13.0 Å². The van der Waals surface area contributed by atoms with E-state index in [-0.39, 0.29) is 12.2 Å². The Bertz CT molecular complexity index is 902. The van der Waals surface area contributed by atoms with Gasteiger partial charge in [-0.3, -0.25) is 14.8 Å². The molecule has 0 aliphatic carbocycles. The molecule has 24 heavy (non-hydrogen) atoms. The number of benzene rings is 1. The Morgan fingerprint density at radius 1 is 1.29 bits per heavy atom. The molecule has 0 saturated carbocycles. The van der Waals surface area contributed by atoms with E-state index in [1.165, 1.54) is 4.68 Å². The van der Waals surface area contributed by atoms with E-state index in [1.807, 2.05) is 18.2 Å². The molecule has 0 bridgehead atoms. The molecule has 1 aromatic carbocycles. The number of aryl methyl sites for hydroxylation is 1. The third-order valence-electron chi connectivity index (χ3n) is 3.56. The maximum Gasteiger partial charge on any atom is 0.312 e. The monoisotopic (exact) mass is 347 g/mol. The third kappa shape index (κ3) is 3.28. The van der Waals surface area contributed by atoms with Crippen LogP contribution >= 0.6 is 11.6 Å². The van der Waals surface area contributed by atoms with Crippen molar-refractivity contribution in [3.8, 4) is 0 Å². The van der Waals surface area contributed by atoms with Crippen LogP contribution in [0.4, 0.5) is 5.69 Å². The lowest BCUT2D eigenvalue weighted by Crippen LogP contribution is -2.04. The van der Waals surface area contributed by atoms with E-state index in [0.29, 0.717) is 34.6 Å². The number of nitro groups is 1. The van der Waals surface area contributed by atoms with Crippen LogP contribution in [0.3, 0.4) is 0 Å². The zero-order valence-electron chi connectivity index (χ0n) is 13.1. The third-order valence-corrected chi connectivity index (χ3v) is 3.80. The molecule has 2 aromatic heterocycles. The SMILES string of the molecule is Cc1nn(Cc2nnc(Cc3cccc(Cl)c3)o2)c(C)c1[N+](=O)[O-]. The van der Waals surface area contributed by atoms with Crippen LogP contribution in [0, 0.1) is 24.0 Å². The number of hydrogen-bond donors (Lipinski definition) is 0. The minimum absolute atomic E-state index is 0.00802. The van der Waals surface area contributed by atoms with Gasteiger partial charge in [-0.15, -0.1) is 10.2 Å². The van der Waals surface area contributed by atoms with Crippen LogP contribution in [0.1, 0.15) is 28.7 Å². The Balaban J connectivity index is 1.77. The van der Waals surface area contributed by atoms with Gasteiger partial charge in [0.15, 0.2) is 0 Å². The molecule has 0 fully saturated rings. The number of rotatable bonds is 5. The zero-order chi connectivity index (χ0) is 17.3. The number of nitrogens with zero attached hydrogens (tertiary/aromatic N) is 5. The fourth-order valence-corrected chi connectivity index (χ4v) is 2.69. The Morgan fingerprint density at radius 2 is 2.04 bits per heavy atom. The van der Waals surface area contributed by atoms with Gasteiger partial charge in [0.05, 0.1) is 11.3 Å². The maximum atomic E-state index is 11.0. The molecule has 9 heteroatoms. The van der Waals surface area contributed by atoms with E-state index in [1.54, 1.807) is 19.9 Å². The lowest BCUT2D eigenvalue weighted by Gasteiger charge is -1.99. The average Bonchev–Trinajstić information content (AvgIpc) is 3.04. The van der Waals surface area contributed by atoms with Gasteiger partial charge in [-0.2, -0.15) is 5.10 Å². The van der Waals surface area contributed by atoms with Gasteiger partial charge in [0.25, 0.3) is 0 Å². The molecule has 0 spiro atoms. The molecular weight excluding hydrogens is 334 g/mol. The highest BCUT2D eigenvalue weighted by molar-refractivity contribution is 6.30. The van der Waals surface area contributed by atoms with Crippen LogP contribution in [-0.4, -0.2) is 24.9 Å². The van der Waals surface area contributed by atoms with Crippen molar-refractivity contribution in [2.75, 3.05) is 0 Å². The largest absolute Gasteiger partial charge is 0.423 e. The molecule has 0 radical (unpaired) electrons. The van der Waals surface area contributed by atoms with Crippen molar-refractivity contribution in [3.05, 3.63) is 68.1 Å². The van der Waals surface area contributed by atoms with Crippen molar-refractivity contribution >= 4 is 17.3 Å². The standard InChI is InChI=1S/C15H14ClN5O3/c1-9-15(21(22)23)10(2)20(19-9)8-14-18-17-13(24-14)7-11-4-3-5-12(16)6-11/h3-6H,7-8H2,1-2H3. The van der Waals surface area contributed by atoms with Crippen LogP contribution in [0.5, 0.6) is 0 Å². The summed E-state index contributed by atoms with van der Waals surface area (Å²) in [4.78, 5) is 10.6. The van der Waals surface area contributed by atoms with Crippen molar-refractivity contribution in [3.63, 3.8) is 0 Å². The second kappa shape index (κ2) is 6.40. The van der Waals surface area contributed by atoms with E-state index in [4.69, 9.17) is 16.0 Å². The summed E-state index contributed by atoms with van der Waals surface area (Å²) < 4.78 is 7.09. The number of halogens is 1. The molecule has 2 heterocycles. The molecule has 0 saturated heterocycles. The second-order valence-electron chi connectivity index (χ2n) is 5.33. The van der Waals surface area contributed by atoms with Gasteiger partial charge in [-0.1, -0.05) is 23.7 Å². The number of hydrogen-bond acceptors (Lipinski definition) is 6. The lowest BCUT2D eigenvalue weighted by molar-refractivity contribution is -0.386. The summed E-state index contributed by atoms with van der Waals surface area (Å²) >= 11 is 5.95. The van der Waals surface area contributed by atoms with E-state index in [9.17, 15) is 10.1 Å². The second-order valence-corrected chi connectivity index (χ2v) is 5.77. The Labute approximate surface area is 142 Å². The summed E-state index contributed by atoms with van der Waals surface area (Å²) in [5.41, 5.74) is 1.77. The van der Waals surface area contributed by atoms with Gasteiger partial charge in [-0.25, -0.2) is 0 Å². The smallest absolute Gasteiger partial charge is 0.312 e. The van der Waals surface area contributed by atoms with Crippen molar-refractivity contribution in [1.29, 1.82) is 0 Å². The lowest BCUT2D eigenvalue weighted by atomic mass is 10.1. The van der Waals surface area contributed by atoms with Crippen molar-refractivity contribution in [2.24, 2.45) is 0 Å². The predicted molar refractivity (Wildman–Crippen MR) is 86.0 cm³/mol. The summed E-state index contributed by atoms with van der Waals surface area (Å²) in [6.07, 6.45) is 0.463. The molecule has 0 amide bonds. The van der Waals surface area contributed by atoms with E-state index < -0.39 is 4.92 Å². The Kier molecular flexibility index (Phi) is 4.30. The van der Waals surface area contributed by atoms with Crippen molar-refractivity contribution in [1.82, 2.24) is 20.0 Å². The quantitative estimate of drug-likeness (QED) is 0.519. The van der Waals surface area contributed by atoms with E-state index in [2.05, 4.69) is 15.3 Å². The van der Waals surface area contributed by atoms with Crippen LogP contribution in [0.2, 0.25) is 5.02 Å². The van der Waals surface area contributed by atoms with E-state index in [0.717, 1.165) is 5.56 Å². The van der Waals surface area contributed by atoms with Crippen LogP contribution < -0.4 is 0 Å². The van der Waals surface area contributed by atoms with Gasteiger partial charge >= 0.3 is 5.69 Å². The highest BCUT2D eigenvalue weighted by Crippen LogP contribution is 2.22. The Morgan fingerprint density at radius 3 is 2.71 bits per heavy atom. The highest BCUT2D eigenvalue weighted by Gasteiger charge is 2.22. The van der Waals surface area contributed by atoms with E-state index >= 15 is 0 Å². The topological polar surface area (TPSA) is 99.9 Å². The number of aromatic nitrogens is 4. The van der Waals surface area contributed by atoms with Gasteiger partial charge in [0, 0.05) is 5.02 Å². The molecule has 0 unspecified atom stereocenters. The van der Waals surface area contributed by atoms with Gasteiger partial charge in [0.1, 0.15) is 17.9 Å². The molecule has 0 atom stereocenters. The first-order valence-electron chi connectivity index (χ1n) is 7.18. The summed E-state index contributed by atoms with van der Waals surface area (Å²) in [6.45, 7) is 3.42. The molecule has 124 valence electrons. The molecule has 3 aromatic rings. The summed E-state index contributed by atoms with van der Waals surface area (Å²) in [7, 11) is 0. The fourth-order valence-electron chi connectivity index (χ4n) is 2.48. The molecule has 0 aliphatic rings. The highest BCUT2D eigenvalue weighted by atomic mass is 35.5. The summed E-state index contributed by atoms with van der Waals surface area (Å²) in [5.74, 6) is 0.788. The first-order valence-corrected chi connectivity index (χ1v) is 7.56. The average molecular weight is 348 g/mol. The minimum atomic E-state index is -0.438. The zero-order valence-corrected chi connectivity index (χ0v) is 13.8. The van der Waals surface area contributed by atoms with Gasteiger partial charge in [-0.05, 0) is 31.5 Å². The van der Waals surface area contributed by atoms with Crippen LogP contribution in [0.15, 0.2) is 28.7 Å². The predicted octanol–water partition coefficient (Wildman–Crippen LogP) is 3.08.